The average Bonchev–Trinajstić information content (AvgIpc) is 3.25. The summed E-state index contributed by atoms with van der Waals surface area (Å²) in [6.45, 7) is 6.47. The molecule has 0 spiro atoms. The summed E-state index contributed by atoms with van der Waals surface area (Å²) in [6.07, 6.45) is 0. The molecule has 1 aromatic heterocycles. The van der Waals surface area contributed by atoms with E-state index >= 15 is 0 Å². The van der Waals surface area contributed by atoms with Gasteiger partial charge in [-0.15, -0.1) is 10.2 Å². The maximum absolute atomic E-state index is 13.1. The van der Waals surface area contributed by atoms with Crippen LogP contribution in [0.2, 0.25) is 0 Å². The fourth-order valence-corrected chi connectivity index (χ4v) is 6.05. The summed E-state index contributed by atoms with van der Waals surface area (Å²) in [5, 5.41) is 18.6. The topological polar surface area (TPSA) is 101 Å². The SMILES string of the molecule is CC(C)Cn1c(SCc2ccc(C#N)cc2)nnc1-c1cccc(S(=O)(=O)N2CCOCC2)c1. The van der Waals surface area contributed by atoms with Crippen molar-refractivity contribution in [3.63, 3.8) is 0 Å². The van der Waals surface area contributed by atoms with Gasteiger partial charge in [0.05, 0.1) is 29.7 Å². The lowest BCUT2D eigenvalue weighted by atomic mass is 10.2. The Hall–Kier alpha value is -2.71. The number of hydrogen-bond acceptors (Lipinski definition) is 7. The van der Waals surface area contributed by atoms with Crippen molar-refractivity contribution < 1.29 is 13.2 Å². The lowest BCUT2D eigenvalue weighted by Crippen LogP contribution is -2.40. The zero-order valence-electron chi connectivity index (χ0n) is 19.2. The molecule has 1 aliphatic heterocycles. The van der Waals surface area contributed by atoms with Crippen LogP contribution in [0.3, 0.4) is 0 Å². The monoisotopic (exact) mass is 497 g/mol. The van der Waals surface area contributed by atoms with Crippen LogP contribution in [0, 0.1) is 17.2 Å². The Labute approximate surface area is 204 Å². The quantitative estimate of drug-likeness (QED) is 0.437. The second-order valence-electron chi connectivity index (χ2n) is 8.45. The second-order valence-corrected chi connectivity index (χ2v) is 11.3. The molecule has 178 valence electrons. The van der Waals surface area contributed by atoms with Gasteiger partial charge in [0.1, 0.15) is 0 Å². The highest BCUT2D eigenvalue weighted by Gasteiger charge is 2.27. The average molecular weight is 498 g/mol. The van der Waals surface area contributed by atoms with E-state index in [9.17, 15) is 8.42 Å². The first-order chi connectivity index (χ1) is 16.4. The molecule has 2 heterocycles. The van der Waals surface area contributed by atoms with Crippen LogP contribution in [0.4, 0.5) is 0 Å². The van der Waals surface area contributed by atoms with Crippen LogP contribution in [0.1, 0.15) is 25.0 Å². The number of thioether (sulfide) groups is 1. The molecule has 0 unspecified atom stereocenters. The minimum atomic E-state index is -3.61. The lowest BCUT2D eigenvalue weighted by molar-refractivity contribution is 0.0730. The minimum absolute atomic E-state index is 0.248. The van der Waals surface area contributed by atoms with E-state index in [1.54, 1.807) is 42.1 Å². The third kappa shape index (κ3) is 5.50. The summed E-state index contributed by atoms with van der Waals surface area (Å²) in [5.41, 5.74) is 2.43. The lowest BCUT2D eigenvalue weighted by Gasteiger charge is -2.26. The molecule has 10 heteroatoms. The molecule has 0 saturated carbocycles. The van der Waals surface area contributed by atoms with E-state index in [-0.39, 0.29) is 4.90 Å². The molecule has 0 aliphatic carbocycles. The number of benzene rings is 2. The maximum atomic E-state index is 13.1. The van der Waals surface area contributed by atoms with E-state index in [0.717, 1.165) is 10.7 Å². The summed E-state index contributed by atoms with van der Waals surface area (Å²) >= 11 is 1.57. The number of rotatable bonds is 8. The van der Waals surface area contributed by atoms with Crippen LogP contribution < -0.4 is 0 Å². The smallest absolute Gasteiger partial charge is 0.243 e. The fourth-order valence-electron chi connectivity index (χ4n) is 3.69. The molecule has 2 aromatic carbocycles. The van der Waals surface area contributed by atoms with Crippen LogP contribution in [-0.2, 0) is 27.1 Å². The van der Waals surface area contributed by atoms with Gasteiger partial charge in [-0.3, -0.25) is 0 Å². The highest BCUT2D eigenvalue weighted by molar-refractivity contribution is 7.98. The Bertz CT molecular complexity index is 1270. The van der Waals surface area contributed by atoms with Gasteiger partial charge in [-0.1, -0.05) is 49.9 Å². The van der Waals surface area contributed by atoms with Crippen molar-refractivity contribution in [1.82, 2.24) is 19.1 Å². The van der Waals surface area contributed by atoms with Gasteiger partial charge in [-0.25, -0.2) is 8.42 Å². The standard InChI is InChI=1S/C24H27N5O3S2/c1-18(2)16-29-23(26-27-24(29)33-17-20-8-6-19(15-25)7-9-20)21-4-3-5-22(14-21)34(30,31)28-10-12-32-13-11-28/h3-9,14,18H,10-13,16-17H2,1-2H3. The van der Waals surface area contributed by atoms with Gasteiger partial charge in [-0.05, 0) is 35.7 Å². The Morgan fingerprint density at radius 2 is 1.85 bits per heavy atom. The van der Waals surface area contributed by atoms with Gasteiger partial charge in [0.15, 0.2) is 11.0 Å². The van der Waals surface area contributed by atoms with Crippen LogP contribution in [0.5, 0.6) is 0 Å². The molecule has 34 heavy (non-hydrogen) atoms. The molecule has 1 aliphatic rings. The van der Waals surface area contributed by atoms with Gasteiger partial charge < -0.3 is 9.30 Å². The third-order valence-corrected chi connectivity index (χ3v) is 8.35. The van der Waals surface area contributed by atoms with Crippen LogP contribution >= 0.6 is 11.8 Å². The number of aromatic nitrogens is 3. The highest BCUT2D eigenvalue weighted by Crippen LogP contribution is 2.29. The molecular formula is C24H27N5O3S2. The Morgan fingerprint density at radius 1 is 1.12 bits per heavy atom. The van der Waals surface area contributed by atoms with E-state index in [2.05, 4.69) is 34.7 Å². The zero-order valence-corrected chi connectivity index (χ0v) is 20.8. The molecule has 3 aromatic rings. The third-order valence-electron chi connectivity index (χ3n) is 5.42. The number of hydrogen-bond donors (Lipinski definition) is 0. The fraction of sp³-hybridized carbons (Fsp3) is 0.375. The summed E-state index contributed by atoms with van der Waals surface area (Å²) < 4.78 is 35.1. The second kappa shape index (κ2) is 10.7. The van der Waals surface area contributed by atoms with Crippen molar-refractivity contribution in [3.05, 3.63) is 59.7 Å². The normalized spacial score (nSPS) is 14.9. The Morgan fingerprint density at radius 3 is 2.53 bits per heavy atom. The van der Waals surface area contributed by atoms with E-state index in [1.165, 1.54) is 4.31 Å². The van der Waals surface area contributed by atoms with Gasteiger partial charge >= 0.3 is 0 Å². The predicted molar refractivity (Wildman–Crippen MR) is 131 cm³/mol. The van der Waals surface area contributed by atoms with Crippen molar-refractivity contribution in [2.75, 3.05) is 26.3 Å². The molecule has 0 radical (unpaired) electrons. The largest absolute Gasteiger partial charge is 0.379 e. The number of sulfonamides is 1. The molecule has 0 bridgehead atoms. The Balaban J connectivity index is 1.61. The first kappa shape index (κ1) is 24.4. The van der Waals surface area contributed by atoms with Crippen molar-refractivity contribution in [2.45, 2.75) is 36.2 Å². The van der Waals surface area contributed by atoms with E-state index in [1.807, 2.05) is 18.2 Å². The molecular weight excluding hydrogens is 470 g/mol. The molecule has 0 N–H and O–H groups in total. The Kier molecular flexibility index (Phi) is 7.68. The van der Waals surface area contributed by atoms with Crippen LogP contribution in [0.15, 0.2) is 58.6 Å². The van der Waals surface area contributed by atoms with Gasteiger partial charge in [0.2, 0.25) is 10.0 Å². The summed E-state index contributed by atoms with van der Waals surface area (Å²) in [4.78, 5) is 0.248. The first-order valence-electron chi connectivity index (χ1n) is 11.1. The first-order valence-corrected chi connectivity index (χ1v) is 13.5. The molecule has 8 nitrogen and oxygen atoms in total. The number of nitrogens with zero attached hydrogens (tertiary/aromatic N) is 5. The predicted octanol–water partition coefficient (Wildman–Crippen LogP) is 3.79. The molecule has 1 fully saturated rings. The molecule has 1 saturated heterocycles. The summed E-state index contributed by atoms with van der Waals surface area (Å²) in [7, 11) is -3.61. The number of ether oxygens (including phenoxy) is 1. The van der Waals surface area contributed by atoms with E-state index in [0.29, 0.717) is 61.5 Å². The van der Waals surface area contributed by atoms with Crippen molar-refractivity contribution >= 4 is 21.8 Å². The summed E-state index contributed by atoms with van der Waals surface area (Å²) in [5.74, 6) is 1.69. The zero-order chi connectivity index (χ0) is 24.1. The summed E-state index contributed by atoms with van der Waals surface area (Å²) in [6, 6.07) is 16.5. The number of morpholine rings is 1. The number of nitriles is 1. The van der Waals surface area contributed by atoms with Crippen LogP contribution in [-0.4, -0.2) is 53.8 Å². The van der Waals surface area contributed by atoms with Gasteiger partial charge in [0, 0.05) is 31.0 Å². The van der Waals surface area contributed by atoms with E-state index < -0.39 is 10.0 Å². The van der Waals surface area contributed by atoms with Gasteiger partial charge in [0.25, 0.3) is 0 Å². The molecule has 0 amide bonds. The molecule has 0 atom stereocenters. The molecule has 4 rings (SSSR count). The van der Waals surface area contributed by atoms with Crippen molar-refractivity contribution in [2.24, 2.45) is 5.92 Å². The highest BCUT2D eigenvalue weighted by atomic mass is 32.2. The van der Waals surface area contributed by atoms with E-state index in [4.69, 9.17) is 10.00 Å². The van der Waals surface area contributed by atoms with Gasteiger partial charge in [-0.2, -0.15) is 9.57 Å². The maximum Gasteiger partial charge on any atom is 0.243 e. The van der Waals surface area contributed by atoms with Crippen LogP contribution in [0.25, 0.3) is 11.4 Å². The van der Waals surface area contributed by atoms with Crippen molar-refractivity contribution in [3.8, 4) is 17.5 Å². The van der Waals surface area contributed by atoms with Crippen molar-refractivity contribution in [1.29, 1.82) is 5.26 Å². The minimum Gasteiger partial charge on any atom is -0.379 e.